The van der Waals surface area contributed by atoms with Crippen molar-refractivity contribution in [2.45, 2.75) is 17.9 Å². The Balaban J connectivity index is 2.34. The minimum absolute atomic E-state index is 0.0857. The molecule has 0 spiro atoms. The molecule has 2 rings (SSSR count). The summed E-state index contributed by atoms with van der Waals surface area (Å²) in [5.41, 5.74) is 7.55. The molecule has 0 aliphatic rings. The Bertz CT molecular complexity index is 478. The molecular weight excluding hydrogens is 220 g/mol. The van der Waals surface area contributed by atoms with Crippen LogP contribution in [0.25, 0.3) is 5.69 Å². The van der Waals surface area contributed by atoms with Crippen LogP contribution in [0.1, 0.15) is 18.7 Å². The molecule has 0 saturated carbocycles. The van der Waals surface area contributed by atoms with Gasteiger partial charge in [-0.05, 0) is 31.4 Å². The van der Waals surface area contributed by atoms with E-state index in [9.17, 15) is 0 Å². The number of thioether (sulfide) groups is 1. The molecule has 0 bridgehead atoms. The fourth-order valence-electron chi connectivity index (χ4n) is 1.36. The average molecular weight is 234 g/mol. The quantitative estimate of drug-likeness (QED) is 0.825. The Morgan fingerprint density at radius 2 is 2.25 bits per heavy atom. The topological polar surface area (TPSA) is 56.7 Å². The van der Waals surface area contributed by atoms with Gasteiger partial charge in [0.25, 0.3) is 0 Å². The minimum atomic E-state index is -0.0857. The van der Waals surface area contributed by atoms with Gasteiger partial charge in [0.2, 0.25) is 0 Å². The van der Waals surface area contributed by atoms with Crippen LogP contribution in [0.15, 0.2) is 35.4 Å². The van der Waals surface area contributed by atoms with E-state index >= 15 is 0 Å². The molecule has 4 nitrogen and oxygen atoms in total. The standard InChI is InChI=1S/C11H14N4S/c1-8(12)11-7-15(14-13-11)9-4-3-5-10(6-9)16-2/h3-8H,12H2,1-2H3. The Morgan fingerprint density at radius 1 is 1.44 bits per heavy atom. The van der Waals surface area contributed by atoms with Crippen LogP contribution in [0.4, 0.5) is 0 Å². The van der Waals surface area contributed by atoms with E-state index < -0.39 is 0 Å². The molecular formula is C11H14N4S. The molecule has 1 unspecified atom stereocenters. The fraction of sp³-hybridized carbons (Fsp3) is 0.273. The van der Waals surface area contributed by atoms with Gasteiger partial charge >= 0.3 is 0 Å². The lowest BCUT2D eigenvalue weighted by Gasteiger charge is -2.02. The highest BCUT2D eigenvalue weighted by Gasteiger charge is 2.06. The number of nitrogens with zero attached hydrogens (tertiary/aromatic N) is 3. The van der Waals surface area contributed by atoms with E-state index in [0.717, 1.165) is 11.4 Å². The first-order valence-corrected chi connectivity index (χ1v) is 6.25. The van der Waals surface area contributed by atoms with Gasteiger partial charge in [0.05, 0.1) is 17.6 Å². The maximum atomic E-state index is 5.74. The summed E-state index contributed by atoms with van der Waals surface area (Å²) in [4.78, 5) is 1.20. The lowest BCUT2D eigenvalue weighted by atomic mass is 10.3. The summed E-state index contributed by atoms with van der Waals surface area (Å²) < 4.78 is 1.75. The van der Waals surface area contributed by atoms with E-state index in [-0.39, 0.29) is 6.04 Å². The van der Waals surface area contributed by atoms with Gasteiger partial charge in [-0.3, -0.25) is 0 Å². The molecule has 2 aromatic rings. The highest BCUT2D eigenvalue weighted by Crippen LogP contribution is 2.18. The summed E-state index contributed by atoms with van der Waals surface area (Å²) in [6.07, 6.45) is 3.91. The molecule has 1 aromatic heterocycles. The lowest BCUT2D eigenvalue weighted by Crippen LogP contribution is -2.04. The van der Waals surface area contributed by atoms with Gasteiger partial charge < -0.3 is 5.73 Å². The van der Waals surface area contributed by atoms with Crippen LogP contribution in [0.5, 0.6) is 0 Å². The molecule has 16 heavy (non-hydrogen) atoms. The van der Waals surface area contributed by atoms with Crippen molar-refractivity contribution < 1.29 is 0 Å². The highest BCUT2D eigenvalue weighted by atomic mass is 32.2. The van der Waals surface area contributed by atoms with Gasteiger partial charge in [-0.1, -0.05) is 11.3 Å². The number of nitrogens with two attached hydrogens (primary N) is 1. The SMILES string of the molecule is CSc1cccc(-n2cc(C(C)N)nn2)c1. The Morgan fingerprint density at radius 3 is 2.88 bits per heavy atom. The number of rotatable bonds is 3. The summed E-state index contributed by atoms with van der Waals surface area (Å²) in [5, 5.41) is 8.09. The summed E-state index contributed by atoms with van der Waals surface area (Å²) in [7, 11) is 0. The van der Waals surface area contributed by atoms with Crippen molar-refractivity contribution in [3.05, 3.63) is 36.2 Å². The van der Waals surface area contributed by atoms with E-state index in [4.69, 9.17) is 5.73 Å². The number of hydrogen-bond acceptors (Lipinski definition) is 4. The fourth-order valence-corrected chi connectivity index (χ4v) is 1.82. The first kappa shape index (κ1) is 11.2. The molecule has 0 saturated heterocycles. The third-order valence-corrected chi connectivity index (χ3v) is 3.02. The van der Waals surface area contributed by atoms with Crippen molar-refractivity contribution in [3.63, 3.8) is 0 Å². The van der Waals surface area contributed by atoms with Crippen LogP contribution in [0, 0.1) is 0 Å². The molecule has 1 atom stereocenters. The predicted octanol–water partition coefficient (Wildman–Crippen LogP) is 2.01. The van der Waals surface area contributed by atoms with Crippen LogP contribution in [0.2, 0.25) is 0 Å². The molecule has 1 aromatic carbocycles. The third kappa shape index (κ3) is 2.25. The molecule has 2 N–H and O–H groups in total. The first-order valence-electron chi connectivity index (χ1n) is 5.03. The van der Waals surface area contributed by atoms with E-state index in [1.54, 1.807) is 16.4 Å². The third-order valence-electron chi connectivity index (χ3n) is 2.30. The average Bonchev–Trinajstić information content (AvgIpc) is 2.78. The van der Waals surface area contributed by atoms with Crippen molar-refractivity contribution >= 4 is 11.8 Å². The number of hydrogen-bond donors (Lipinski definition) is 1. The van der Waals surface area contributed by atoms with Crippen molar-refractivity contribution in [3.8, 4) is 5.69 Å². The van der Waals surface area contributed by atoms with Gasteiger partial charge in [-0.15, -0.1) is 16.9 Å². The normalized spacial score (nSPS) is 12.7. The van der Waals surface area contributed by atoms with Gasteiger partial charge in [-0.2, -0.15) is 0 Å². The Kier molecular flexibility index (Phi) is 3.26. The van der Waals surface area contributed by atoms with E-state index in [1.807, 2.05) is 31.5 Å². The van der Waals surface area contributed by atoms with Gasteiger partial charge in [0.15, 0.2) is 0 Å². The molecule has 0 aliphatic heterocycles. The van der Waals surface area contributed by atoms with Crippen LogP contribution < -0.4 is 5.73 Å². The van der Waals surface area contributed by atoms with Crippen LogP contribution >= 0.6 is 11.8 Å². The Hall–Kier alpha value is -1.33. The largest absolute Gasteiger partial charge is 0.323 e. The van der Waals surface area contributed by atoms with Crippen molar-refractivity contribution in [2.75, 3.05) is 6.26 Å². The monoisotopic (exact) mass is 234 g/mol. The maximum Gasteiger partial charge on any atom is 0.0995 e. The second kappa shape index (κ2) is 4.67. The molecule has 5 heteroatoms. The zero-order valence-corrected chi connectivity index (χ0v) is 10.1. The second-order valence-electron chi connectivity index (χ2n) is 3.58. The van der Waals surface area contributed by atoms with Crippen LogP contribution in [-0.2, 0) is 0 Å². The predicted molar refractivity (Wildman–Crippen MR) is 65.7 cm³/mol. The van der Waals surface area contributed by atoms with Gasteiger partial charge in [0, 0.05) is 10.9 Å². The summed E-state index contributed by atoms with van der Waals surface area (Å²) in [6.45, 7) is 1.90. The van der Waals surface area contributed by atoms with Gasteiger partial charge in [0.1, 0.15) is 0 Å². The van der Waals surface area contributed by atoms with Crippen molar-refractivity contribution in [1.29, 1.82) is 0 Å². The maximum absolute atomic E-state index is 5.74. The summed E-state index contributed by atoms with van der Waals surface area (Å²) in [6, 6.07) is 8.06. The Labute approximate surface area is 98.8 Å². The summed E-state index contributed by atoms with van der Waals surface area (Å²) >= 11 is 1.70. The van der Waals surface area contributed by atoms with Crippen LogP contribution in [-0.4, -0.2) is 21.2 Å². The molecule has 84 valence electrons. The van der Waals surface area contributed by atoms with E-state index in [1.165, 1.54) is 4.90 Å². The molecule has 0 amide bonds. The minimum Gasteiger partial charge on any atom is -0.323 e. The van der Waals surface area contributed by atoms with Crippen molar-refractivity contribution in [2.24, 2.45) is 5.73 Å². The second-order valence-corrected chi connectivity index (χ2v) is 4.46. The molecule has 0 aliphatic carbocycles. The smallest absolute Gasteiger partial charge is 0.0995 e. The molecule has 0 radical (unpaired) electrons. The van der Waals surface area contributed by atoms with E-state index in [2.05, 4.69) is 22.4 Å². The van der Waals surface area contributed by atoms with Crippen molar-refractivity contribution in [1.82, 2.24) is 15.0 Å². The number of aromatic nitrogens is 3. The molecule has 0 fully saturated rings. The highest BCUT2D eigenvalue weighted by molar-refractivity contribution is 7.98. The zero-order valence-electron chi connectivity index (χ0n) is 9.29. The number of benzene rings is 1. The first-order chi connectivity index (χ1) is 7.70. The lowest BCUT2D eigenvalue weighted by molar-refractivity contribution is 0.756. The van der Waals surface area contributed by atoms with Gasteiger partial charge in [-0.25, -0.2) is 4.68 Å². The zero-order chi connectivity index (χ0) is 11.5. The summed E-state index contributed by atoms with van der Waals surface area (Å²) in [5.74, 6) is 0. The molecule has 1 heterocycles. The van der Waals surface area contributed by atoms with E-state index in [0.29, 0.717) is 0 Å². The van der Waals surface area contributed by atoms with Crippen LogP contribution in [0.3, 0.4) is 0 Å².